The molecule has 6 aliphatic carbocycles. The Kier molecular flexibility index (Phi) is 12.6. The number of aliphatic hydroxyl groups is 1. The van der Waals surface area contributed by atoms with Gasteiger partial charge in [-0.25, -0.2) is 0 Å². The molecular formula is C49H79NO4. The average molecular weight is 746 g/mol. The summed E-state index contributed by atoms with van der Waals surface area (Å²) in [6, 6.07) is 0. The van der Waals surface area contributed by atoms with E-state index in [1.165, 1.54) is 56.9 Å². The fourth-order valence-electron chi connectivity index (χ4n) is 15.1. The third-order valence-corrected chi connectivity index (χ3v) is 18.4. The highest BCUT2D eigenvalue weighted by Crippen LogP contribution is 2.77. The molecule has 0 aliphatic heterocycles. The van der Waals surface area contributed by atoms with Gasteiger partial charge in [0.2, 0.25) is 5.91 Å². The Labute approximate surface area is 330 Å². The maximum Gasteiger partial charge on any atom is 0.305 e. The lowest BCUT2D eigenvalue weighted by Gasteiger charge is -2.73. The molecule has 0 unspecified atom stereocenters. The molecular weight excluding hydrogens is 667 g/mol. The number of esters is 1. The van der Waals surface area contributed by atoms with Crippen LogP contribution >= 0.6 is 0 Å². The van der Waals surface area contributed by atoms with Crippen molar-refractivity contribution in [3.05, 3.63) is 12.2 Å². The molecule has 6 aliphatic rings. The molecule has 1 amide bonds. The summed E-state index contributed by atoms with van der Waals surface area (Å²) >= 11 is 0. The topological polar surface area (TPSA) is 75.6 Å². The van der Waals surface area contributed by atoms with Gasteiger partial charge in [-0.3, -0.25) is 9.59 Å². The predicted molar refractivity (Wildman–Crippen MR) is 220 cm³/mol. The number of rotatable bonds is 14. The number of terminal acetylenes is 1. The van der Waals surface area contributed by atoms with Gasteiger partial charge in [0.1, 0.15) is 5.54 Å². The fraction of sp³-hybridized carbons (Fsp3) is 0.878. The quantitative estimate of drug-likeness (QED) is 0.0803. The summed E-state index contributed by atoms with van der Waals surface area (Å²) in [5.74, 6) is 5.99. The number of carbonyl (C=O) groups is 2. The third kappa shape index (κ3) is 7.51. The van der Waals surface area contributed by atoms with Crippen molar-refractivity contribution in [2.24, 2.45) is 56.7 Å². The standard InChI is InChI=1S/C49H79NO4/c1-9-49(27-18-15-19-28-49)50-41(52)20-16-13-11-10-12-14-17-21-42(53)54-34-48-31-24-36(35(2)3)43(48)37-22-23-39-45(6)29-26-40(51)44(4,5)38(45)25-30-47(39,8)46(37,7)32-33-48/h1,36-40,43,51H,2,10-34H2,3-8H3,(H,50,52)/t36-,37+,38-,39+,40-,43+,45-,46+,47+,48+/m0/s1. The van der Waals surface area contributed by atoms with Crippen LogP contribution in [0.1, 0.15) is 196 Å². The van der Waals surface area contributed by atoms with E-state index in [-0.39, 0.29) is 39.6 Å². The highest BCUT2D eigenvalue weighted by molar-refractivity contribution is 5.77. The van der Waals surface area contributed by atoms with Crippen molar-refractivity contribution >= 4 is 11.9 Å². The largest absolute Gasteiger partial charge is 0.465 e. The van der Waals surface area contributed by atoms with Gasteiger partial charge >= 0.3 is 5.97 Å². The van der Waals surface area contributed by atoms with Gasteiger partial charge in [0.15, 0.2) is 0 Å². The first kappa shape index (κ1) is 41.8. The van der Waals surface area contributed by atoms with Gasteiger partial charge in [0.05, 0.1) is 12.7 Å². The van der Waals surface area contributed by atoms with Gasteiger partial charge in [0, 0.05) is 18.3 Å². The summed E-state index contributed by atoms with van der Waals surface area (Å²) in [4.78, 5) is 25.8. The van der Waals surface area contributed by atoms with Crippen LogP contribution in [-0.4, -0.2) is 35.2 Å². The second-order valence-electron chi connectivity index (χ2n) is 21.4. The first-order valence-corrected chi connectivity index (χ1v) is 22.9. The molecule has 0 aromatic heterocycles. The second kappa shape index (κ2) is 16.2. The molecule has 2 N–H and O–H groups in total. The van der Waals surface area contributed by atoms with E-state index in [4.69, 9.17) is 11.2 Å². The van der Waals surface area contributed by atoms with Crippen LogP contribution in [0, 0.1) is 69.0 Å². The Morgan fingerprint density at radius 2 is 1.43 bits per heavy atom. The Bertz CT molecular complexity index is 1400. The fourth-order valence-corrected chi connectivity index (χ4v) is 15.1. The molecule has 0 radical (unpaired) electrons. The number of hydrogen-bond acceptors (Lipinski definition) is 4. The molecule has 6 rings (SSSR count). The zero-order valence-corrected chi connectivity index (χ0v) is 35.6. The van der Waals surface area contributed by atoms with Crippen LogP contribution in [0.3, 0.4) is 0 Å². The summed E-state index contributed by atoms with van der Waals surface area (Å²) in [6.07, 6.45) is 31.2. The minimum atomic E-state index is -0.407. The number of nitrogens with one attached hydrogen (secondary N) is 1. The van der Waals surface area contributed by atoms with E-state index in [0.717, 1.165) is 89.9 Å². The molecule has 6 fully saturated rings. The van der Waals surface area contributed by atoms with Crippen LogP contribution in [0.15, 0.2) is 12.2 Å². The van der Waals surface area contributed by atoms with Gasteiger partial charge in [-0.15, -0.1) is 6.42 Å². The lowest BCUT2D eigenvalue weighted by atomic mass is 9.32. The zero-order chi connectivity index (χ0) is 39.0. The Hall–Kier alpha value is -1.80. The van der Waals surface area contributed by atoms with Crippen LogP contribution in [0.25, 0.3) is 0 Å². The number of hydrogen-bond donors (Lipinski definition) is 2. The number of ether oxygens (including phenoxy) is 1. The molecule has 0 aromatic rings. The van der Waals surface area contributed by atoms with Gasteiger partial charge < -0.3 is 15.2 Å². The molecule has 304 valence electrons. The van der Waals surface area contributed by atoms with Gasteiger partial charge in [-0.2, -0.15) is 0 Å². The second-order valence-corrected chi connectivity index (χ2v) is 21.4. The van der Waals surface area contributed by atoms with Crippen molar-refractivity contribution in [1.82, 2.24) is 5.32 Å². The maximum absolute atomic E-state index is 13.2. The third-order valence-electron chi connectivity index (χ3n) is 18.4. The minimum absolute atomic E-state index is 0.00651. The summed E-state index contributed by atoms with van der Waals surface area (Å²) in [5.41, 5.74) is 1.84. The Morgan fingerprint density at radius 3 is 2.09 bits per heavy atom. The molecule has 0 bridgehead atoms. The lowest BCUT2D eigenvalue weighted by molar-refractivity contribution is -0.250. The molecule has 0 spiro atoms. The van der Waals surface area contributed by atoms with Crippen molar-refractivity contribution in [3.8, 4) is 12.3 Å². The molecule has 6 saturated carbocycles. The molecule has 5 nitrogen and oxygen atoms in total. The first-order chi connectivity index (χ1) is 25.6. The number of amides is 1. The van der Waals surface area contributed by atoms with Gasteiger partial charge in [-0.05, 0) is 148 Å². The highest BCUT2D eigenvalue weighted by Gasteiger charge is 2.71. The van der Waals surface area contributed by atoms with Crippen LogP contribution < -0.4 is 5.32 Å². The van der Waals surface area contributed by atoms with E-state index in [1.807, 2.05) is 0 Å². The summed E-state index contributed by atoms with van der Waals surface area (Å²) in [6.45, 7) is 20.1. The number of unbranched alkanes of at least 4 members (excludes halogenated alkanes) is 6. The lowest BCUT2D eigenvalue weighted by Crippen LogP contribution is -2.66. The highest BCUT2D eigenvalue weighted by atomic mass is 16.5. The molecule has 0 aromatic carbocycles. The molecule has 5 heteroatoms. The van der Waals surface area contributed by atoms with E-state index < -0.39 is 5.54 Å². The van der Waals surface area contributed by atoms with E-state index in [9.17, 15) is 14.7 Å². The zero-order valence-electron chi connectivity index (χ0n) is 35.6. The van der Waals surface area contributed by atoms with E-state index in [0.29, 0.717) is 54.5 Å². The van der Waals surface area contributed by atoms with Crippen molar-refractivity contribution < 1.29 is 19.4 Å². The van der Waals surface area contributed by atoms with Gasteiger partial charge in [-0.1, -0.05) is 104 Å². The van der Waals surface area contributed by atoms with E-state index in [2.05, 4.69) is 59.4 Å². The van der Waals surface area contributed by atoms with Crippen LogP contribution in [0.5, 0.6) is 0 Å². The number of aliphatic hydroxyl groups excluding tert-OH is 1. The van der Waals surface area contributed by atoms with Crippen molar-refractivity contribution in [2.75, 3.05) is 6.61 Å². The van der Waals surface area contributed by atoms with Crippen molar-refractivity contribution in [1.29, 1.82) is 0 Å². The molecule has 0 saturated heterocycles. The van der Waals surface area contributed by atoms with Crippen LogP contribution in [-0.2, 0) is 14.3 Å². The van der Waals surface area contributed by atoms with Crippen LogP contribution in [0.2, 0.25) is 0 Å². The van der Waals surface area contributed by atoms with E-state index >= 15 is 0 Å². The summed E-state index contributed by atoms with van der Waals surface area (Å²) < 4.78 is 6.29. The van der Waals surface area contributed by atoms with Crippen LogP contribution in [0.4, 0.5) is 0 Å². The Balaban J connectivity index is 0.969. The monoisotopic (exact) mass is 746 g/mol. The van der Waals surface area contributed by atoms with Gasteiger partial charge in [0.25, 0.3) is 0 Å². The van der Waals surface area contributed by atoms with E-state index in [1.54, 1.807) is 0 Å². The predicted octanol–water partition coefficient (Wildman–Crippen LogP) is 11.5. The summed E-state index contributed by atoms with van der Waals surface area (Å²) in [7, 11) is 0. The SMILES string of the molecule is C#CC1(NC(=O)CCCCCCCCCC(=O)OC[C@]23CC[C@@H](C(=C)C)[C@@H]2[C@H]2CC[C@@H]4[C@@]5(C)CC[C@H](O)C(C)(C)[C@@H]5CC[C@@]4(C)[C@]2(C)CC3)CCCCC1. The Morgan fingerprint density at radius 1 is 0.759 bits per heavy atom. The number of fused-ring (bicyclic) bond motifs is 7. The average Bonchev–Trinajstić information content (AvgIpc) is 3.53. The maximum atomic E-state index is 13.2. The molecule has 0 heterocycles. The smallest absolute Gasteiger partial charge is 0.305 e. The van der Waals surface area contributed by atoms with Crippen molar-refractivity contribution in [2.45, 2.75) is 207 Å². The van der Waals surface area contributed by atoms with Crippen molar-refractivity contribution in [3.63, 3.8) is 0 Å². The minimum Gasteiger partial charge on any atom is -0.465 e. The number of allylic oxidation sites excluding steroid dienone is 1. The first-order valence-electron chi connectivity index (χ1n) is 22.9. The normalized spacial score (nSPS) is 40.6. The molecule has 54 heavy (non-hydrogen) atoms. The molecule has 10 atom stereocenters. The summed E-state index contributed by atoms with van der Waals surface area (Å²) in [5, 5.41) is 14.3. The number of carbonyl (C=O) groups excluding carboxylic acids is 2.